The van der Waals surface area contributed by atoms with E-state index >= 15 is 0 Å². The summed E-state index contributed by atoms with van der Waals surface area (Å²) >= 11 is 1.44. The third-order valence-electron chi connectivity index (χ3n) is 1.64. The van der Waals surface area contributed by atoms with E-state index in [1.54, 1.807) is 0 Å². The molecule has 0 bridgehead atoms. The van der Waals surface area contributed by atoms with Gasteiger partial charge in [-0.3, -0.25) is 9.98 Å². The number of nitrogens with zero attached hydrogens (tertiary/aromatic N) is 2. The highest BCUT2D eigenvalue weighted by Gasteiger charge is 2.27. The maximum atomic E-state index is 5.80. The third-order valence-corrected chi connectivity index (χ3v) is 2.51. The highest BCUT2D eigenvalue weighted by atomic mass is 32.2. The lowest BCUT2D eigenvalue weighted by atomic mass is 10.1. The van der Waals surface area contributed by atoms with Gasteiger partial charge in [-0.2, -0.15) is 0 Å². The highest BCUT2D eigenvalue weighted by Crippen LogP contribution is 2.25. The second-order valence-electron chi connectivity index (χ2n) is 3.00. The highest BCUT2D eigenvalue weighted by molar-refractivity contribution is 8.16. The van der Waals surface area contributed by atoms with Gasteiger partial charge in [0.15, 0.2) is 5.50 Å². The van der Waals surface area contributed by atoms with Crippen molar-refractivity contribution in [3.63, 3.8) is 0 Å². The van der Waals surface area contributed by atoms with E-state index in [9.17, 15) is 0 Å². The average Bonchev–Trinajstić information content (AvgIpc) is 2.26. The molecule has 2 unspecified atom stereocenters. The van der Waals surface area contributed by atoms with Crippen molar-refractivity contribution in [2.75, 3.05) is 0 Å². The molecule has 2 heterocycles. The van der Waals surface area contributed by atoms with Crippen LogP contribution in [0.5, 0.6) is 0 Å². The zero-order chi connectivity index (χ0) is 8.77. The minimum absolute atomic E-state index is 0.211. The van der Waals surface area contributed by atoms with Gasteiger partial charge in [0, 0.05) is 0 Å². The van der Waals surface area contributed by atoms with E-state index in [2.05, 4.69) is 9.98 Å². The first-order chi connectivity index (χ1) is 5.57. The summed E-state index contributed by atoms with van der Waals surface area (Å²) < 4.78 is 0. The molecule has 5 heteroatoms. The Morgan fingerprint density at radius 2 is 2.42 bits per heavy atom. The van der Waals surface area contributed by atoms with Crippen molar-refractivity contribution < 1.29 is 0 Å². The zero-order valence-electron chi connectivity index (χ0n) is 6.69. The van der Waals surface area contributed by atoms with Crippen molar-refractivity contribution in [3.05, 3.63) is 12.2 Å². The molecule has 2 rings (SSSR count). The van der Waals surface area contributed by atoms with Crippen molar-refractivity contribution in [1.29, 1.82) is 0 Å². The van der Waals surface area contributed by atoms with Gasteiger partial charge >= 0.3 is 0 Å². The summed E-state index contributed by atoms with van der Waals surface area (Å²) in [6.07, 6.45) is 3.70. The lowest BCUT2D eigenvalue weighted by Gasteiger charge is -2.19. The molecule has 0 spiro atoms. The number of hydrogen-bond donors (Lipinski definition) is 2. The van der Waals surface area contributed by atoms with Crippen LogP contribution in [-0.2, 0) is 0 Å². The predicted octanol–water partition coefficient (Wildman–Crippen LogP) is 0.0597. The summed E-state index contributed by atoms with van der Waals surface area (Å²) in [6, 6.07) is 0. The Bertz CT molecular complexity index is 303. The molecule has 4 nitrogen and oxygen atoms in total. The standard InChI is InChI=1S/C7H10N4S/c1-7(9)3-2-4-5(11-7)12-6(8)10-4/h2-3,6H,8-9H2,1H3. The van der Waals surface area contributed by atoms with Crippen molar-refractivity contribution in [3.8, 4) is 0 Å². The van der Waals surface area contributed by atoms with Crippen LogP contribution in [0.1, 0.15) is 6.92 Å². The fraction of sp³-hybridized carbons (Fsp3) is 0.429. The fourth-order valence-electron chi connectivity index (χ4n) is 1.10. The summed E-state index contributed by atoms with van der Waals surface area (Å²) in [5.74, 6) is 0. The summed E-state index contributed by atoms with van der Waals surface area (Å²) in [4.78, 5) is 8.45. The van der Waals surface area contributed by atoms with E-state index in [1.165, 1.54) is 11.8 Å². The molecule has 0 amide bonds. The second kappa shape index (κ2) is 2.42. The van der Waals surface area contributed by atoms with Gasteiger partial charge in [-0.05, 0) is 19.1 Å². The number of hydrogen-bond acceptors (Lipinski definition) is 5. The van der Waals surface area contributed by atoms with E-state index in [-0.39, 0.29) is 5.50 Å². The number of rotatable bonds is 0. The Balaban J connectivity index is 2.36. The molecule has 0 saturated heterocycles. The van der Waals surface area contributed by atoms with Crippen LogP contribution in [0.3, 0.4) is 0 Å². The smallest absolute Gasteiger partial charge is 0.151 e. The maximum absolute atomic E-state index is 5.80. The molecule has 0 aromatic rings. The lowest BCUT2D eigenvalue weighted by molar-refractivity contribution is 0.622. The van der Waals surface area contributed by atoms with Crippen molar-refractivity contribution in [2.24, 2.45) is 21.5 Å². The van der Waals surface area contributed by atoms with E-state index in [1.807, 2.05) is 19.1 Å². The first-order valence-corrected chi connectivity index (χ1v) is 4.53. The van der Waals surface area contributed by atoms with Gasteiger partial charge in [-0.15, -0.1) is 0 Å². The average molecular weight is 182 g/mol. The minimum atomic E-state index is -0.592. The summed E-state index contributed by atoms with van der Waals surface area (Å²) in [7, 11) is 0. The Morgan fingerprint density at radius 1 is 1.67 bits per heavy atom. The molecule has 2 aliphatic rings. The van der Waals surface area contributed by atoms with E-state index in [4.69, 9.17) is 11.5 Å². The van der Waals surface area contributed by atoms with Crippen molar-refractivity contribution in [1.82, 2.24) is 0 Å². The summed E-state index contributed by atoms with van der Waals surface area (Å²) in [6.45, 7) is 1.84. The SMILES string of the molecule is CC1(N)C=CC2=NC(N)SC2=N1. The lowest BCUT2D eigenvalue weighted by Crippen LogP contribution is -2.35. The third kappa shape index (κ3) is 1.31. The number of allylic oxidation sites excluding steroid dienone is 1. The normalized spacial score (nSPS) is 39.1. The monoisotopic (exact) mass is 182 g/mol. The van der Waals surface area contributed by atoms with Gasteiger partial charge in [0.1, 0.15) is 10.7 Å². The minimum Gasteiger partial charge on any atom is -0.304 e. The molecule has 0 fully saturated rings. The van der Waals surface area contributed by atoms with Crippen LogP contribution >= 0.6 is 11.8 Å². The van der Waals surface area contributed by atoms with Gasteiger partial charge in [-0.25, -0.2) is 0 Å². The zero-order valence-corrected chi connectivity index (χ0v) is 7.51. The van der Waals surface area contributed by atoms with E-state index < -0.39 is 5.66 Å². The molecule has 0 radical (unpaired) electrons. The largest absolute Gasteiger partial charge is 0.304 e. The Kier molecular flexibility index (Phi) is 1.61. The number of dihydropyridines is 1. The van der Waals surface area contributed by atoms with Crippen LogP contribution in [0, 0.1) is 0 Å². The van der Waals surface area contributed by atoms with E-state index in [0.29, 0.717) is 0 Å². The van der Waals surface area contributed by atoms with Gasteiger partial charge in [-0.1, -0.05) is 11.8 Å². The molecule has 2 atom stereocenters. The second-order valence-corrected chi connectivity index (χ2v) is 4.10. The molecular formula is C7H10N4S. The van der Waals surface area contributed by atoms with Gasteiger partial charge in [0.05, 0.1) is 5.71 Å². The molecule has 12 heavy (non-hydrogen) atoms. The first kappa shape index (κ1) is 7.97. The van der Waals surface area contributed by atoms with Crippen molar-refractivity contribution >= 4 is 22.5 Å². The fourth-order valence-corrected chi connectivity index (χ4v) is 1.98. The molecular weight excluding hydrogens is 172 g/mol. The molecule has 0 aromatic heterocycles. The first-order valence-electron chi connectivity index (χ1n) is 3.65. The van der Waals surface area contributed by atoms with Gasteiger partial charge in [0.2, 0.25) is 0 Å². The summed E-state index contributed by atoms with van der Waals surface area (Å²) in [5, 5.41) is 0.856. The van der Waals surface area contributed by atoms with Crippen LogP contribution in [0.4, 0.5) is 0 Å². The Hall–Kier alpha value is -0.650. The predicted molar refractivity (Wildman–Crippen MR) is 52.2 cm³/mol. The molecule has 2 aliphatic heterocycles. The van der Waals surface area contributed by atoms with Crippen LogP contribution in [0.25, 0.3) is 0 Å². The molecule has 4 N–H and O–H groups in total. The molecule has 0 saturated carbocycles. The topological polar surface area (TPSA) is 76.8 Å². The maximum Gasteiger partial charge on any atom is 0.151 e. The van der Waals surface area contributed by atoms with Crippen LogP contribution in [0.15, 0.2) is 22.1 Å². The Labute approximate surface area is 74.8 Å². The number of fused-ring (bicyclic) bond motifs is 1. The molecule has 64 valence electrons. The Morgan fingerprint density at radius 3 is 3.17 bits per heavy atom. The summed E-state index contributed by atoms with van der Waals surface area (Å²) in [5.41, 5.74) is 11.5. The van der Waals surface area contributed by atoms with Gasteiger partial charge < -0.3 is 11.5 Å². The number of nitrogens with two attached hydrogens (primary N) is 2. The molecule has 0 aromatic carbocycles. The van der Waals surface area contributed by atoms with Crippen LogP contribution in [0.2, 0.25) is 0 Å². The van der Waals surface area contributed by atoms with E-state index in [0.717, 1.165) is 10.8 Å². The quantitative estimate of drug-likeness (QED) is 0.556. The van der Waals surface area contributed by atoms with Crippen LogP contribution in [-0.4, -0.2) is 21.9 Å². The number of aliphatic imine (C=N–C) groups is 2. The molecule has 0 aliphatic carbocycles. The van der Waals surface area contributed by atoms with Gasteiger partial charge in [0.25, 0.3) is 0 Å². The van der Waals surface area contributed by atoms with Crippen molar-refractivity contribution in [2.45, 2.75) is 18.1 Å². The number of thioether (sulfide) groups is 1. The van der Waals surface area contributed by atoms with Crippen LogP contribution < -0.4 is 11.5 Å².